The van der Waals surface area contributed by atoms with Crippen LogP contribution in [0.4, 0.5) is 0 Å². The minimum atomic E-state index is -1.06. The topological polar surface area (TPSA) is 76.7 Å². The molecule has 0 spiro atoms. The second-order valence-corrected chi connectivity index (χ2v) is 4.15. The maximum atomic E-state index is 11.3. The summed E-state index contributed by atoms with van der Waals surface area (Å²) in [5.74, 6) is 0.105. The first-order valence-corrected chi connectivity index (χ1v) is 5.90. The molecule has 0 unspecified atom stereocenters. The van der Waals surface area contributed by atoms with Gasteiger partial charge >= 0.3 is 5.97 Å². The Morgan fingerprint density at radius 3 is 2.65 bits per heavy atom. The summed E-state index contributed by atoms with van der Waals surface area (Å²) in [7, 11) is 1.56. The second kappa shape index (κ2) is 4.65. The van der Waals surface area contributed by atoms with Crippen LogP contribution < -0.4 is 4.74 Å². The molecule has 3 aromatic heterocycles. The number of methoxy groups -OCH3 is 1. The van der Waals surface area contributed by atoms with E-state index in [0.29, 0.717) is 17.1 Å². The number of hydrogen-bond donors (Lipinski definition) is 1. The van der Waals surface area contributed by atoms with Gasteiger partial charge in [0.25, 0.3) is 0 Å². The molecule has 0 saturated heterocycles. The van der Waals surface area contributed by atoms with Crippen LogP contribution in [0.1, 0.15) is 10.5 Å². The Labute approximate surface area is 114 Å². The third-order valence-corrected chi connectivity index (χ3v) is 2.99. The van der Waals surface area contributed by atoms with Gasteiger partial charge in [-0.15, -0.1) is 0 Å². The highest BCUT2D eigenvalue weighted by Crippen LogP contribution is 2.25. The first-order valence-electron chi connectivity index (χ1n) is 5.90. The van der Waals surface area contributed by atoms with E-state index in [1.807, 2.05) is 0 Å². The number of imidazole rings is 1. The number of hydrogen-bond acceptors (Lipinski definition) is 4. The van der Waals surface area contributed by atoms with Gasteiger partial charge < -0.3 is 9.84 Å². The van der Waals surface area contributed by atoms with Crippen molar-refractivity contribution in [1.82, 2.24) is 14.4 Å². The molecule has 100 valence electrons. The number of aromatic carboxylic acids is 1. The van der Waals surface area contributed by atoms with Crippen molar-refractivity contribution in [3.8, 4) is 17.1 Å². The van der Waals surface area contributed by atoms with E-state index in [-0.39, 0.29) is 5.69 Å². The van der Waals surface area contributed by atoms with Gasteiger partial charge in [0.2, 0.25) is 0 Å². The molecule has 3 heterocycles. The average molecular weight is 269 g/mol. The summed E-state index contributed by atoms with van der Waals surface area (Å²) in [5, 5.41) is 9.25. The monoisotopic (exact) mass is 269 g/mol. The quantitative estimate of drug-likeness (QED) is 0.788. The van der Waals surface area contributed by atoms with Crippen molar-refractivity contribution in [1.29, 1.82) is 0 Å². The van der Waals surface area contributed by atoms with E-state index in [4.69, 9.17) is 4.74 Å². The number of aromatic nitrogens is 3. The molecule has 0 radical (unpaired) electrons. The highest BCUT2D eigenvalue weighted by atomic mass is 16.5. The highest BCUT2D eigenvalue weighted by molar-refractivity contribution is 5.95. The molecular formula is C14H11N3O3. The third kappa shape index (κ3) is 1.87. The third-order valence-electron chi connectivity index (χ3n) is 2.99. The summed E-state index contributed by atoms with van der Waals surface area (Å²) in [6.45, 7) is 0. The Hall–Kier alpha value is -2.89. The number of carboxylic acids is 1. The minimum Gasteiger partial charge on any atom is -0.495 e. The molecule has 0 amide bonds. The Morgan fingerprint density at radius 2 is 2.00 bits per heavy atom. The number of fused-ring (bicyclic) bond motifs is 1. The van der Waals surface area contributed by atoms with E-state index in [0.717, 1.165) is 5.56 Å². The molecule has 0 atom stereocenters. The Bertz CT molecular complexity index is 781. The van der Waals surface area contributed by atoms with Gasteiger partial charge in [0.05, 0.1) is 18.8 Å². The van der Waals surface area contributed by atoms with Gasteiger partial charge in [0.15, 0.2) is 5.69 Å². The number of carboxylic acid groups (broad SMARTS) is 1. The molecular weight excluding hydrogens is 258 g/mol. The maximum Gasteiger partial charge on any atom is 0.356 e. The predicted molar refractivity (Wildman–Crippen MR) is 71.9 cm³/mol. The van der Waals surface area contributed by atoms with E-state index < -0.39 is 5.97 Å². The second-order valence-electron chi connectivity index (χ2n) is 4.15. The fourth-order valence-electron chi connectivity index (χ4n) is 2.05. The SMILES string of the molecule is COc1ccc2c(C(=O)O)nc(-c3ccncc3)n2c1. The molecule has 3 rings (SSSR count). The lowest BCUT2D eigenvalue weighted by Gasteiger charge is -2.04. The molecule has 0 fully saturated rings. The van der Waals surface area contributed by atoms with Crippen LogP contribution in [0.3, 0.4) is 0 Å². The van der Waals surface area contributed by atoms with Crippen molar-refractivity contribution in [2.24, 2.45) is 0 Å². The lowest BCUT2D eigenvalue weighted by atomic mass is 10.2. The Morgan fingerprint density at radius 1 is 1.25 bits per heavy atom. The standard InChI is InChI=1S/C14H11N3O3/c1-20-10-2-3-11-12(14(18)19)16-13(17(11)8-10)9-4-6-15-7-5-9/h2-8H,1H3,(H,18,19). The summed E-state index contributed by atoms with van der Waals surface area (Å²) < 4.78 is 6.88. The van der Waals surface area contributed by atoms with Crippen molar-refractivity contribution in [2.45, 2.75) is 0 Å². The molecule has 0 aliphatic heterocycles. The number of ether oxygens (including phenoxy) is 1. The molecule has 0 saturated carbocycles. The van der Waals surface area contributed by atoms with Crippen LogP contribution in [0, 0.1) is 0 Å². The Balaban J connectivity index is 2.33. The zero-order chi connectivity index (χ0) is 14.1. The van der Waals surface area contributed by atoms with Crippen molar-refractivity contribution < 1.29 is 14.6 Å². The van der Waals surface area contributed by atoms with Gasteiger partial charge in [-0.05, 0) is 24.3 Å². The first kappa shape index (κ1) is 12.2. The van der Waals surface area contributed by atoms with Crippen LogP contribution in [-0.2, 0) is 0 Å². The predicted octanol–water partition coefficient (Wildman–Crippen LogP) is 2.10. The van der Waals surface area contributed by atoms with Crippen LogP contribution in [0.25, 0.3) is 16.9 Å². The number of rotatable bonds is 3. The molecule has 0 aliphatic rings. The molecule has 0 aliphatic carbocycles. The highest BCUT2D eigenvalue weighted by Gasteiger charge is 2.18. The smallest absolute Gasteiger partial charge is 0.356 e. The molecule has 0 bridgehead atoms. The number of carbonyl (C=O) groups is 1. The van der Waals surface area contributed by atoms with E-state index in [1.54, 1.807) is 54.4 Å². The van der Waals surface area contributed by atoms with Crippen LogP contribution >= 0.6 is 0 Å². The average Bonchev–Trinajstić information content (AvgIpc) is 2.87. The van der Waals surface area contributed by atoms with Crippen LogP contribution in [0.15, 0.2) is 42.9 Å². The zero-order valence-corrected chi connectivity index (χ0v) is 10.6. The Kier molecular flexibility index (Phi) is 2.83. The van der Waals surface area contributed by atoms with Crippen LogP contribution in [-0.4, -0.2) is 32.6 Å². The molecule has 3 aromatic rings. The van der Waals surface area contributed by atoms with Crippen molar-refractivity contribution in [3.63, 3.8) is 0 Å². The van der Waals surface area contributed by atoms with E-state index in [2.05, 4.69) is 9.97 Å². The van der Waals surface area contributed by atoms with E-state index in [9.17, 15) is 9.90 Å². The molecule has 1 N–H and O–H groups in total. The summed E-state index contributed by atoms with van der Waals surface area (Å²) in [5.41, 5.74) is 1.32. The first-order chi connectivity index (χ1) is 9.70. The molecule has 6 nitrogen and oxygen atoms in total. The summed E-state index contributed by atoms with van der Waals surface area (Å²) in [6, 6.07) is 6.94. The van der Waals surface area contributed by atoms with Crippen molar-refractivity contribution in [3.05, 3.63) is 48.5 Å². The summed E-state index contributed by atoms with van der Waals surface area (Å²) >= 11 is 0. The fraction of sp³-hybridized carbons (Fsp3) is 0.0714. The van der Waals surface area contributed by atoms with Gasteiger partial charge in [-0.3, -0.25) is 9.38 Å². The summed E-state index contributed by atoms with van der Waals surface area (Å²) in [4.78, 5) is 19.5. The van der Waals surface area contributed by atoms with Crippen LogP contribution in [0.5, 0.6) is 5.75 Å². The van der Waals surface area contributed by atoms with Crippen molar-refractivity contribution in [2.75, 3.05) is 7.11 Å². The van der Waals surface area contributed by atoms with E-state index >= 15 is 0 Å². The largest absolute Gasteiger partial charge is 0.495 e. The minimum absolute atomic E-state index is 0.0134. The molecule has 6 heteroatoms. The maximum absolute atomic E-state index is 11.3. The lowest BCUT2D eigenvalue weighted by molar-refractivity contribution is 0.0693. The van der Waals surface area contributed by atoms with Gasteiger partial charge in [-0.2, -0.15) is 0 Å². The molecule has 0 aromatic carbocycles. The van der Waals surface area contributed by atoms with E-state index in [1.165, 1.54) is 0 Å². The van der Waals surface area contributed by atoms with Crippen LogP contribution in [0.2, 0.25) is 0 Å². The van der Waals surface area contributed by atoms with Gasteiger partial charge in [-0.25, -0.2) is 9.78 Å². The number of pyridine rings is 2. The zero-order valence-electron chi connectivity index (χ0n) is 10.6. The fourth-order valence-corrected chi connectivity index (χ4v) is 2.05. The summed E-state index contributed by atoms with van der Waals surface area (Å²) in [6.07, 6.45) is 4.98. The molecule has 20 heavy (non-hydrogen) atoms. The normalized spacial score (nSPS) is 10.7. The van der Waals surface area contributed by atoms with Gasteiger partial charge in [0, 0.05) is 18.0 Å². The number of nitrogens with zero attached hydrogens (tertiary/aromatic N) is 3. The lowest BCUT2D eigenvalue weighted by Crippen LogP contribution is -1.97. The van der Waals surface area contributed by atoms with Gasteiger partial charge in [-0.1, -0.05) is 0 Å². The van der Waals surface area contributed by atoms with Gasteiger partial charge in [0.1, 0.15) is 11.6 Å². The van der Waals surface area contributed by atoms with Crippen molar-refractivity contribution >= 4 is 11.5 Å².